The Kier molecular flexibility index (Phi) is 7.50. The first-order valence-corrected chi connectivity index (χ1v) is 7.78. The number of nitrogens with one attached hydrogen (secondary N) is 1. The molecule has 0 radical (unpaired) electrons. The summed E-state index contributed by atoms with van der Waals surface area (Å²) in [5.41, 5.74) is 5.75. The van der Waals surface area contributed by atoms with E-state index in [1.807, 2.05) is 10.8 Å². The summed E-state index contributed by atoms with van der Waals surface area (Å²) in [5.74, 6) is -0.293. The zero-order valence-electron chi connectivity index (χ0n) is 13.1. The second kappa shape index (κ2) is 8.72. The van der Waals surface area contributed by atoms with Crippen LogP contribution < -0.4 is 15.8 Å². The number of thiophene rings is 1. The van der Waals surface area contributed by atoms with Gasteiger partial charge in [0.2, 0.25) is 0 Å². The van der Waals surface area contributed by atoms with E-state index in [-0.39, 0.29) is 42.2 Å². The molecule has 1 aromatic heterocycles. The number of guanidine groups is 1. The minimum Gasteiger partial charge on any atom is -0.406 e. The molecule has 0 saturated heterocycles. The molecule has 1 unspecified atom stereocenters. The van der Waals surface area contributed by atoms with Gasteiger partial charge < -0.3 is 20.9 Å². The molecule has 0 aliphatic carbocycles. The van der Waals surface area contributed by atoms with Gasteiger partial charge in [-0.3, -0.25) is 0 Å². The summed E-state index contributed by atoms with van der Waals surface area (Å²) in [4.78, 5) is 4.06. The third kappa shape index (κ3) is 7.08. The van der Waals surface area contributed by atoms with Gasteiger partial charge in [-0.15, -0.1) is 37.1 Å². The summed E-state index contributed by atoms with van der Waals surface area (Å²) in [6.07, 6.45) is -4.73. The van der Waals surface area contributed by atoms with Crippen molar-refractivity contribution in [3.63, 3.8) is 0 Å². The summed E-state index contributed by atoms with van der Waals surface area (Å²) in [6.45, 7) is 1.66. The standard InChI is InChI=1S/C15H16F3N3O2S.HI/c1-14(22,10-6-7-24-8-10)9-20-13(19)21-11-2-4-12(5-3-11)23-15(16,17)18;/h2-8,22H,9H2,1H3,(H3,19,20,21);1H. The summed E-state index contributed by atoms with van der Waals surface area (Å²) in [5, 5.41) is 16.7. The van der Waals surface area contributed by atoms with Gasteiger partial charge in [-0.1, -0.05) is 0 Å². The maximum atomic E-state index is 12.1. The Morgan fingerprint density at radius 2 is 1.92 bits per heavy atom. The van der Waals surface area contributed by atoms with Crippen molar-refractivity contribution in [3.05, 3.63) is 46.7 Å². The summed E-state index contributed by atoms with van der Waals surface area (Å²) in [7, 11) is 0. The lowest BCUT2D eigenvalue weighted by atomic mass is 10.00. The molecule has 0 bridgehead atoms. The van der Waals surface area contributed by atoms with Crippen molar-refractivity contribution in [1.29, 1.82) is 0 Å². The molecular weight excluding hydrogens is 470 g/mol. The third-order valence-corrected chi connectivity index (χ3v) is 3.74. The van der Waals surface area contributed by atoms with E-state index < -0.39 is 12.0 Å². The van der Waals surface area contributed by atoms with Crippen molar-refractivity contribution in [2.75, 3.05) is 11.9 Å². The Morgan fingerprint density at radius 1 is 1.28 bits per heavy atom. The number of halogens is 4. The van der Waals surface area contributed by atoms with Crippen LogP contribution in [0.3, 0.4) is 0 Å². The molecule has 0 spiro atoms. The van der Waals surface area contributed by atoms with Crippen molar-refractivity contribution < 1.29 is 23.0 Å². The highest BCUT2D eigenvalue weighted by molar-refractivity contribution is 14.0. The molecule has 0 aliphatic heterocycles. The number of hydrogen-bond donors (Lipinski definition) is 3. The topological polar surface area (TPSA) is 79.9 Å². The zero-order chi connectivity index (χ0) is 17.8. The lowest BCUT2D eigenvalue weighted by Crippen LogP contribution is -2.29. The maximum absolute atomic E-state index is 12.1. The number of nitrogens with zero attached hydrogens (tertiary/aromatic N) is 1. The van der Waals surface area contributed by atoms with E-state index >= 15 is 0 Å². The first kappa shape index (κ1) is 21.5. The van der Waals surface area contributed by atoms with Crippen molar-refractivity contribution in [2.45, 2.75) is 18.9 Å². The van der Waals surface area contributed by atoms with Crippen LogP contribution in [0.25, 0.3) is 0 Å². The Morgan fingerprint density at radius 3 is 2.44 bits per heavy atom. The zero-order valence-corrected chi connectivity index (χ0v) is 16.2. The average Bonchev–Trinajstić information content (AvgIpc) is 3.01. The van der Waals surface area contributed by atoms with Crippen molar-refractivity contribution in [2.24, 2.45) is 10.7 Å². The number of rotatable bonds is 5. The SMILES string of the molecule is CC(O)(CN=C(N)Nc1ccc(OC(F)(F)F)cc1)c1ccsc1.I. The lowest BCUT2D eigenvalue weighted by Gasteiger charge is -2.20. The van der Waals surface area contributed by atoms with Crippen LogP contribution in [0, 0.1) is 0 Å². The minimum atomic E-state index is -4.73. The van der Waals surface area contributed by atoms with E-state index in [9.17, 15) is 18.3 Å². The van der Waals surface area contributed by atoms with Gasteiger partial charge in [0, 0.05) is 5.69 Å². The van der Waals surface area contributed by atoms with Crippen LogP contribution in [0.4, 0.5) is 18.9 Å². The predicted octanol–water partition coefficient (Wildman–Crippen LogP) is 3.90. The second-order valence-electron chi connectivity index (χ2n) is 5.18. The van der Waals surface area contributed by atoms with E-state index in [2.05, 4.69) is 15.0 Å². The lowest BCUT2D eigenvalue weighted by molar-refractivity contribution is -0.274. The Bertz CT molecular complexity index is 689. The monoisotopic (exact) mass is 487 g/mol. The molecule has 1 atom stereocenters. The highest BCUT2D eigenvalue weighted by atomic mass is 127. The van der Waals surface area contributed by atoms with Crippen LogP contribution in [0.15, 0.2) is 46.1 Å². The van der Waals surface area contributed by atoms with E-state index in [0.717, 1.165) is 17.7 Å². The Balaban J connectivity index is 0.00000312. The van der Waals surface area contributed by atoms with Crippen molar-refractivity contribution >= 4 is 47.0 Å². The molecule has 5 nitrogen and oxygen atoms in total. The van der Waals surface area contributed by atoms with Gasteiger partial charge in [-0.05, 0) is 53.6 Å². The molecule has 2 rings (SSSR count). The fraction of sp³-hybridized carbons (Fsp3) is 0.267. The van der Waals surface area contributed by atoms with Crippen LogP contribution in [0.1, 0.15) is 12.5 Å². The molecule has 2 aromatic rings. The number of benzene rings is 1. The number of alkyl halides is 3. The first-order chi connectivity index (χ1) is 11.2. The fourth-order valence-electron chi connectivity index (χ4n) is 1.83. The molecule has 0 saturated carbocycles. The number of anilines is 1. The Hall–Kier alpha value is -1.53. The molecule has 4 N–H and O–H groups in total. The van der Waals surface area contributed by atoms with Crippen LogP contribution in [-0.4, -0.2) is 24.0 Å². The van der Waals surface area contributed by atoms with Gasteiger partial charge in [0.1, 0.15) is 11.4 Å². The van der Waals surface area contributed by atoms with Crippen molar-refractivity contribution in [3.8, 4) is 5.75 Å². The minimum absolute atomic E-state index is 0. The molecular formula is C15H17F3IN3O2S. The molecule has 0 fully saturated rings. The Labute approximate surface area is 163 Å². The predicted molar refractivity (Wildman–Crippen MR) is 103 cm³/mol. The molecule has 138 valence electrons. The number of nitrogens with two attached hydrogens (primary N) is 1. The van der Waals surface area contributed by atoms with Gasteiger partial charge in [-0.25, -0.2) is 4.99 Å². The van der Waals surface area contributed by atoms with Gasteiger partial charge >= 0.3 is 6.36 Å². The maximum Gasteiger partial charge on any atom is 0.573 e. The molecule has 0 aliphatic rings. The van der Waals surface area contributed by atoms with Gasteiger partial charge in [0.15, 0.2) is 5.96 Å². The van der Waals surface area contributed by atoms with E-state index in [1.54, 1.807) is 13.0 Å². The molecule has 25 heavy (non-hydrogen) atoms. The highest BCUT2D eigenvalue weighted by Crippen LogP contribution is 2.24. The second-order valence-corrected chi connectivity index (χ2v) is 5.96. The number of aliphatic imine (C=N–C) groups is 1. The van der Waals surface area contributed by atoms with Gasteiger partial charge in [-0.2, -0.15) is 11.3 Å². The van der Waals surface area contributed by atoms with Crippen LogP contribution in [-0.2, 0) is 5.60 Å². The van der Waals surface area contributed by atoms with Crippen LogP contribution >= 0.6 is 35.3 Å². The van der Waals surface area contributed by atoms with E-state index in [4.69, 9.17) is 5.73 Å². The number of ether oxygens (including phenoxy) is 1. The number of aliphatic hydroxyl groups is 1. The molecule has 1 heterocycles. The van der Waals surface area contributed by atoms with Crippen LogP contribution in [0.2, 0.25) is 0 Å². The molecule has 0 amide bonds. The first-order valence-electron chi connectivity index (χ1n) is 6.83. The normalized spacial score (nSPS) is 14.4. The molecule has 10 heteroatoms. The highest BCUT2D eigenvalue weighted by Gasteiger charge is 2.31. The van der Waals surface area contributed by atoms with Gasteiger partial charge in [0.25, 0.3) is 0 Å². The fourth-order valence-corrected chi connectivity index (χ4v) is 2.61. The largest absolute Gasteiger partial charge is 0.573 e. The van der Waals surface area contributed by atoms with E-state index in [0.29, 0.717) is 5.69 Å². The average molecular weight is 487 g/mol. The van der Waals surface area contributed by atoms with E-state index in [1.165, 1.54) is 23.5 Å². The van der Waals surface area contributed by atoms with Crippen LogP contribution in [0.5, 0.6) is 5.75 Å². The van der Waals surface area contributed by atoms with Crippen molar-refractivity contribution in [1.82, 2.24) is 0 Å². The quantitative estimate of drug-likeness (QED) is 0.340. The summed E-state index contributed by atoms with van der Waals surface area (Å²) >= 11 is 1.46. The third-order valence-electron chi connectivity index (χ3n) is 3.06. The summed E-state index contributed by atoms with van der Waals surface area (Å²) in [6, 6.07) is 6.86. The van der Waals surface area contributed by atoms with Gasteiger partial charge in [0.05, 0.1) is 6.54 Å². The molecule has 1 aromatic carbocycles. The number of hydrogen-bond acceptors (Lipinski definition) is 4. The summed E-state index contributed by atoms with van der Waals surface area (Å²) < 4.78 is 40.0. The smallest absolute Gasteiger partial charge is 0.406 e.